The first-order valence-electron chi connectivity index (χ1n) is 11.1. The van der Waals surface area contributed by atoms with Crippen LogP contribution >= 0.6 is 0 Å². The van der Waals surface area contributed by atoms with Crippen LogP contribution in [0.4, 0.5) is 8.78 Å². The van der Waals surface area contributed by atoms with Gasteiger partial charge in [-0.3, -0.25) is 9.20 Å². The van der Waals surface area contributed by atoms with E-state index >= 15 is 0 Å². The van der Waals surface area contributed by atoms with Crippen LogP contribution in [0.15, 0.2) is 41.5 Å². The van der Waals surface area contributed by atoms with Gasteiger partial charge >= 0.3 is 0 Å². The fraction of sp³-hybridized carbons (Fsp3) is 0.320. The van der Waals surface area contributed by atoms with Gasteiger partial charge in [-0.1, -0.05) is 0 Å². The SMILES string of the molecule is Cc1nccc([C@@H]2C[C@H](c3cn4c(=O)c(C)c(C)nc4c(-c4ccc(F)cc4F)n3)CCO2)n1. The number of hydrogen-bond donors (Lipinski definition) is 0. The molecule has 0 aliphatic carbocycles. The zero-order valence-corrected chi connectivity index (χ0v) is 19.0. The number of aryl methyl sites for hydroxylation is 2. The molecule has 1 aliphatic rings. The van der Waals surface area contributed by atoms with Crippen molar-refractivity contribution in [2.24, 2.45) is 0 Å². The number of rotatable bonds is 3. The van der Waals surface area contributed by atoms with E-state index in [1.807, 2.05) is 13.0 Å². The Balaban J connectivity index is 1.66. The van der Waals surface area contributed by atoms with Gasteiger partial charge in [0, 0.05) is 47.8 Å². The molecule has 4 aromatic rings. The van der Waals surface area contributed by atoms with Crippen molar-refractivity contribution in [2.45, 2.75) is 45.6 Å². The van der Waals surface area contributed by atoms with Gasteiger partial charge in [-0.05, 0) is 51.8 Å². The van der Waals surface area contributed by atoms with Gasteiger partial charge in [-0.25, -0.2) is 28.7 Å². The topological polar surface area (TPSA) is 82.3 Å². The van der Waals surface area contributed by atoms with Gasteiger partial charge in [0.05, 0.1) is 11.4 Å². The van der Waals surface area contributed by atoms with Crippen molar-refractivity contribution in [1.82, 2.24) is 24.3 Å². The van der Waals surface area contributed by atoms with E-state index in [9.17, 15) is 13.6 Å². The predicted molar refractivity (Wildman–Crippen MR) is 122 cm³/mol. The van der Waals surface area contributed by atoms with Crippen LogP contribution in [0.2, 0.25) is 0 Å². The van der Waals surface area contributed by atoms with Gasteiger partial charge in [0.25, 0.3) is 5.56 Å². The minimum atomic E-state index is -0.764. The smallest absolute Gasteiger partial charge is 0.261 e. The van der Waals surface area contributed by atoms with E-state index < -0.39 is 11.6 Å². The molecule has 174 valence electrons. The Kier molecular flexibility index (Phi) is 5.65. The summed E-state index contributed by atoms with van der Waals surface area (Å²) in [5, 5.41) is 0. The largest absolute Gasteiger partial charge is 0.372 e. The lowest BCUT2D eigenvalue weighted by Gasteiger charge is -2.29. The van der Waals surface area contributed by atoms with Crippen LogP contribution in [0.25, 0.3) is 16.9 Å². The fourth-order valence-corrected chi connectivity index (χ4v) is 4.34. The molecular weight excluding hydrogens is 440 g/mol. The van der Waals surface area contributed by atoms with Crippen molar-refractivity contribution in [3.05, 3.63) is 87.1 Å². The molecule has 2 atom stereocenters. The Labute approximate surface area is 194 Å². The van der Waals surface area contributed by atoms with Crippen molar-refractivity contribution in [1.29, 1.82) is 0 Å². The first-order chi connectivity index (χ1) is 16.3. The number of aromatic nitrogens is 5. The summed E-state index contributed by atoms with van der Waals surface area (Å²) in [6.07, 6.45) is 4.40. The van der Waals surface area contributed by atoms with Gasteiger partial charge < -0.3 is 4.74 Å². The van der Waals surface area contributed by atoms with Gasteiger partial charge in [0.15, 0.2) is 5.65 Å². The average Bonchev–Trinajstić information content (AvgIpc) is 2.82. The van der Waals surface area contributed by atoms with Gasteiger partial charge in [-0.2, -0.15) is 0 Å². The summed E-state index contributed by atoms with van der Waals surface area (Å²) >= 11 is 0. The molecule has 0 spiro atoms. The summed E-state index contributed by atoms with van der Waals surface area (Å²) in [7, 11) is 0. The summed E-state index contributed by atoms with van der Waals surface area (Å²) in [6.45, 7) is 5.74. The number of benzene rings is 1. The first kappa shape index (κ1) is 22.2. The highest BCUT2D eigenvalue weighted by atomic mass is 19.1. The average molecular weight is 463 g/mol. The van der Waals surface area contributed by atoms with Crippen LogP contribution in [-0.2, 0) is 4.74 Å². The number of nitrogens with zero attached hydrogens (tertiary/aromatic N) is 5. The molecule has 1 aliphatic heterocycles. The summed E-state index contributed by atoms with van der Waals surface area (Å²) < 4.78 is 35.8. The molecule has 0 amide bonds. The van der Waals surface area contributed by atoms with Gasteiger partial charge in [-0.15, -0.1) is 0 Å². The molecule has 3 aromatic heterocycles. The van der Waals surface area contributed by atoms with E-state index in [2.05, 4.69) is 15.0 Å². The lowest BCUT2D eigenvalue weighted by molar-refractivity contribution is 0.00189. The van der Waals surface area contributed by atoms with Crippen LogP contribution in [0.3, 0.4) is 0 Å². The number of halogens is 2. The third-order valence-electron chi connectivity index (χ3n) is 6.31. The maximum Gasteiger partial charge on any atom is 0.261 e. The van der Waals surface area contributed by atoms with E-state index in [1.165, 1.54) is 16.5 Å². The molecule has 34 heavy (non-hydrogen) atoms. The number of hydrogen-bond acceptors (Lipinski definition) is 6. The van der Waals surface area contributed by atoms with Crippen LogP contribution in [0.5, 0.6) is 0 Å². The van der Waals surface area contributed by atoms with Gasteiger partial charge in [0.2, 0.25) is 0 Å². The second-order valence-corrected chi connectivity index (χ2v) is 8.57. The van der Waals surface area contributed by atoms with Crippen molar-refractivity contribution in [3.8, 4) is 11.3 Å². The molecule has 4 heterocycles. The molecular formula is C25H23F2N5O2. The Morgan fingerprint density at radius 3 is 2.65 bits per heavy atom. The lowest BCUT2D eigenvalue weighted by Crippen LogP contribution is -2.24. The normalized spacial score (nSPS) is 18.4. The third kappa shape index (κ3) is 3.96. The molecule has 1 aromatic carbocycles. The Hall–Kier alpha value is -3.59. The maximum absolute atomic E-state index is 14.8. The minimum Gasteiger partial charge on any atom is -0.372 e. The van der Waals surface area contributed by atoms with Crippen LogP contribution in [0.1, 0.15) is 53.3 Å². The fourth-order valence-electron chi connectivity index (χ4n) is 4.34. The highest BCUT2D eigenvalue weighted by Crippen LogP contribution is 2.37. The van der Waals surface area contributed by atoms with E-state index in [0.717, 1.165) is 11.8 Å². The standard InChI is InChI=1S/C25H23F2N5O2/c1-13-14(2)29-24-23(18-5-4-17(26)11-19(18)27)31-21(12-32(24)25(13)33)16-7-9-34-22(10-16)20-6-8-28-15(3)30-20/h4-6,8,11-12,16,22H,7,9-10H2,1-3H3/t16-,22+/m1/s1. The van der Waals surface area contributed by atoms with Crippen LogP contribution in [0, 0.1) is 32.4 Å². The number of fused-ring (bicyclic) bond motifs is 1. The highest BCUT2D eigenvalue weighted by molar-refractivity contribution is 5.74. The molecule has 0 saturated carbocycles. The molecule has 0 radical (unpaired) electrons. The quantitative estimate of drug-likeness (QED) is 0.448. The third-order valence-corrected chi connectivity index (χ3v) is 6.31. The molecule has 9 heteroatoms. The second-order valence-electron chi connectivity index (χ2n) is 8.57. The summed E-state index contributed by atoms with van der Waals surface area (Å²) in [6, 6.07) is 5.13. The summed E-state index contributed by atoms with van der Waals surface area (Å²) in [4.78, 5) is 31.1. The lowest BCUT2D eigenvalue weighted by atomic mass is 9.91. The molecule has 1 fully saturated rings. The molecule has 0 bridgehead atoms. The summed E-state index contributed by atoms with van der Waals surface area (Å²) in [5.41, 5.74) is 2.73. The molecule has 7 nitrogen and oxygen atoms in total. The van der Waals surface area contributed by atoms with E-state index in [1.54, 1.807) is 26.2 Å². The van der Waals surface area contributed by atoms with Crippen molar-refractivity contribution < 1.29 is 13.5 Å². The molecule has 5 rings (SSSR count). The Morgan fingerprint density at radius 1 is 1.06 bits per heavy atom. The van der Waals surface area contributed by atoms with E-state index in [4.69, 9.17) is 9.72 Å². The van der Waals surface area contributed by atoms with Crippen molar-refractivity contribution in [3.63, 3.8) is 0 Å². The first-order valence-corrected chi connectivity index (χ1v) is 11.1. The van der Waals surface area contributed by atoms with Crippen LogP contribution in [-0.4, -0.2) is 30.9 Å². The highest BCUT2D eigenvalue weighted by Gasteiger charge is 2.29. The summed E-state index contributed by atoms with van der Waals surface area (Å²) in [5.74, 6) is -0.856. The predicted octanol–water partition coefficient (Wildman–Crippen LogP) is 4.39. The zero-order chi connectivity index (χ0) is 24.0. The minimum absolute atomic E-state index is 0.0609. The Morgan fingerprint density at radius 2 is 1.88 bits per heavy atom. The molecule has 0 N–H and O–H groups in total. The van der Waals surface area contributed by atoms with Crippen molar-refractivity contribution in [2.75, 3.05) is 6.61 Å². The second kappa shape index (κ2) is 8.64. The van der Waals surface area contributed by atoms with E-state index in [-0.39, 0.29) is 34.5 Å². The van der Waals surface area contributed by atoms with Crippen molar-refractivity contribution >= 4 is 5.65 Å². The monoisotopic (exact) mass is 463 g/mol. The zero-order valence-electron chi connectivity index (χ0n) is 19.0. The maximum atomic E-state index is 14.8. The molecule has 0 unspecified atom stereocenters. The van der Waals surface area contributed by atoms with Crippen LogP contribution < -0.4 is 5.56 Å². The Bertz CT molecular complexity index is 1470. The number of ether oxygens (including phenoxy) is 1. The van der Waals surface area contributed by atoms with Gasteiger partial charge in [0.1, 0.15) is 29.3 Å². The van der Waals surface area contributed by atoms with E-state index in [0.29, 0.717) is 42.2 Å². The molecule has 1 saturated heterocycles.